The van der Waals surface area contributed by atoms with Crippen molar-refractivity contribution in [1.29, 1.82) is 0 Å². The van der Waals surface area contributed by atoms with Crippen LogP contribution in [0.4, 0.5) is 0 Å². The van der Waals surface area contributed by atoms with E-state index in [-0.39, 0.29) is 0 Å². The second-order valence-corrected chi connectivity index (χ2v) is 5.01. The van der Waals surface area contributed by atoms with Gasteiger partial charge in [0, 0.05) is 20.2 Å². The van der Waals surface area contributed by atoms with Gasteiger partial charge in [0.15, 0.2) is 0 Å². The number of ether oxygens (including phenoxy) is 1. The first kappa shape index (κ1) is 14.4. The maximum absolute atomic E-state index is 11.3. The summed E-state index contributed by atoms with van der Waals surface area (Å²) in [5.41, 5.74) is -0.850. The molecule has 5 heteroatoms. The quantitative estimate of drug-likeness (QED) is 0.679. The maximum atomic E-state index is 11.3. The summed E-state index contributed by atoms with van der Waals surface area (Å²) >= 11 is 0. The van der Waals surface area contributed by atoms with Crippen LogP contribution in [0.5, 0.6) is 0 Å². The normalized spacial score (nSPS) is 24.8. The molecule has 0 aliphatic carbocycles. The SMILES string of the molecule is CCNC(C)(CN1CCC(COC)C1)C(=O)O. The number of methoxy groups -OCH3 is 1. The van der Waals surface area contributed by atoms with Crippen molar-refractivity contribution in [2.75, 3.05) is 39.9 Å². The number of carboxylic acid groups (broad SMARTS) is 1. The Kier molecular flexibility index (Phi) is 5.36. The van der Waals surface area contributed by atoms with E-state index in [1.807, 2.05) is 6.92 Å². The Labute approximate surface area is 103 Å². The number of hydrogen-bond donors (Lipinski definition) is 2. The Morgan fingerprint density at radius 3 is 2.88 bits per heavy atom. The second-order valence-electron chi connectivity index (χ2n) is 5.01. The summed E-state index contributed by atoms with van der Waals surface area (Å²) in [6, 6.07) is 0. The Balaban J connectivity index is 2.49. The van der Waals surface area contributed by atoms with E-state index in [1.165, 1.54) is 0 Å². The monoisotopic (exact) mass is 244 g/mol. The fourth-order valence-corrected chi connectivity index (χ4v) is 2.46. The Morgan fingerprint density at radius 1 is 1.65 bits per heavy atom. The van der Waals surface area contributed by atoms with Crippen molar-refractivity contribution < 1.29 is 14.6 Å². The summed E-state index contributed by atoms with van der Waals surface area (Å²) in [5.74, 6) is -0.241. The van der Waals surface area contributed by atoms with Crippen LogP contribution >= 0.6 is 0 Å². The van der Waals surface area contributed by atoms with Crippen molar-refractivity contribution in [1.82, 2.24) is 10.2 Å². The van der Waals surface area contributed by atoms with E-state index in [4.69, 9.17) is 4.74 Å². The maximum Gasteiger partial charge on any atom is 0.324 e. The Hall–Kier alpha value is -0.650. The highest BCUT2D eigenvalue weighted by Crippen LogP contribution is 2.19. The first-order valence-corrected chi connectivity index (χ1v) is 6.21. The molecule has 5 nitrogen and oxygen atoms in total. The lowest BCUT2D eigenvalue weighted by atomic mass is 10.0. The number of nitrogens with one attached hydrogen (secondary N) is 1. The minimum absolute atomic E-state index is 0.541. The van der Waals surface area contributed by atoms with Crippen LogP contribution in [0.1, 0.15) is 20.3 Å². The first-order valence-electron chi connectivity index (χ1n) is 6.21. The Bertz CT molecular complexity index is 260. The lowest BCUT2D eigenvalue weighted by Gasteiger charge is -2.30. The van der Waals surface area contributed by atoms with Gasteiger partial charge in [-0.3, -0.25) is 4.79 Å². The minimum Gasteiger partial charge on any atom is -0.480 e. The van der Waals surface area contributed by atoms with Crippen LogP contribution in [0.25, 0.3) is 0 Å². The Morgan fingerprint density at radius 2 is 2.35 bits per heavy atom. The molecule has 1 aliphatic rings. The molecule has 1 aliphatic heterocycles. The van der Waals surface area contributed by atoms with Gasteiger partial charge in [-0.15, -0.1) is 0 Å². The van der Waals surface area contributed by atoms with Crippen molar-refractivity contribution in [2.45, 2.75) is 25.8 Å². The summed E-state index contributed by atoms with van der Waals surface area (Å²) in [4.78, 5) is 13.5. The number of aliphatic carboxylic acids is 1. The van der Waals surface area contributed by atoms with Crippen molar-refractivity contribution in [3.63, 3.8) is 0 Å². The molecule has 1 saturated heterocycles. The van der Waals surface area contributed by atoms with E-state index in [0.717, 1.165) is 26.1 Å². The molecule has 1 heterocycles. The molecule has 0 aromatic heterocycles. The van der Waals surface area contributed by atoms with E-state index in [1.54, 1.807) is 14.0 Å². The molecule has 0 bridgehead atoms. The predicted molar refractivity (Wildman–Crippen MR) is 66.1 cm³/mol. The van der Waals surface area contributed by atoms with Crippen LogP contribution in [0.3, 0.4) is 0 Å². The summed E-state index contributed by atoms with van der Waals surface area (Å²) in [5, 5.41) is 12.3. The molecule has 1 rings (SSSR count). The van der Waals surface area contributed by atoms with Crippen molar-refractivity contribution in [3.05, 3.63) is 0 Å². The fourth-order valence-electron chi connectivity index (χ4n) is 2.46. The standard InChI is InChI=1S/C12H24N2O3/c1-4-13-12(2,11(15)16)9-14-6-5-10(7-14)8-17-3/h10,13H,4-9H2,1-3H3,(H,15,16). The zero-order valence-corrected chi connectivity index (χ0v) is 11.0. The molecule has 0 radical (unpaired) electrons. The molecule has 2 unspecified atom stereocenters. The van der Waals surface area contributed by atoms with Gasteiger partial charge in [-0.25, -0.2) is 0 Å². The van der Waals surface area contributed by atoms with Crippen LogP contribution in [0.2, 0.25) is 0 Å². The number of nitrogens with zero attached hydrogens (tertiary/aromatic N) is 1. The molecule has 0 saturated carbocycles. The largest absolute Gasteiger partial charge is 0.480 e. The van der Waals surface area contributed by atoms with Crippen LogP contribution in [0.15, 0.2) is 0 Å². The lowest BCUT2D eigenvalue weighted by Crippen LogP contribution is -2.56. The number of carbonyl (C=O) groups is 1. The zero-order chi connectivity index (χ0) is 12.9. The van der Waals surface area contributed by atoms with Gasteiger partial charge in [-0.1, -0.05) is 6.92 Å². The number of likely N-dealkylation sites (tertiary alicyclic amines) is 1. The van der Waals surface area contributed by atoms with E-state index >= 15 is 0 Å². The third-order valence-electron chi connectivity index (χ3n) is 3.35. The topological polar surface area (TPSA) is 61.8 Å². The van der Waals surface area contributed by atoms with E-state index in [9.17, 15) is 9.90 Å². The van der Waals surface area contributed by atoms with Gasteiger partial charge in [0.05, 0.1) is 6.61 Å². The molecule has 100 valence electrons. The average molecular weight is 244 g/mol. The van der Waals surface area contributed by atoms with E-state index < -0.39 is 11.5 Å². The van der Waals surface area contributed by atoms with Gasteiger partial charge in [0.1, 0.15) is 5.54 Å². The summed E-state index contributed by atoms with van der Waals surface area (Å²) in [7, 11) is 1.71. The van der Waals surface area contributed by atoms with Gasteiger partial charge in [-0.2, -0.15) is 0 Å². The number of carboxylic acids is 1. The predicted octanol–water partition coefficient (Wildman–Crippen LogP) is 0.408. The molecule has 0 aromatic rings. The van der Waals surface area contributed by atoms with Crippen LogP contribution < -0.4 is 5.32 Å². The molecular formula is C12H24N2O3. The van der Waals surface area contributed by atoms with Crippen LogP contribution in [0, 0.1) is 5.92 Å². The zero-order valence-electron chi connectivity index (χ0n) is 11.0. The molecule has 2 atom stereocenters. The average Bonchev–Trinajstić information content (AvgIpc) is 2.66. The summed E-state index contributed by atoms with van der Waals surface area (Å²) < 4.78 is 5.14. The van der Waals surface area contributed by atoms with Gasteiger partial charge < -0.3 is 20.1 Å². The highest BCUT2D eigenvalue weighted by atomic mass is 16.5. The molecule has 2 N–H and O–H groups in total. The molecular weight excluding hydrogens is 220 g/mol. The molecule has 1 fully saturated rings. The molecule has 0 aromatic carbocycles. The third-order valence-corrected chi connectivity index (χ3v) is 3.35. The molecule has 17 heavy (non-hydrogen) atoms. The highest BCUT2D eigenvalue weighted by molar-refractivity contribution is 5.78. The first-order chi connectivity index (χ1) is 8.01. The van der Waals surface area contributed by atoms with Crippen molar-refractivity contribution in [2.24, 2.45) is 5.92 Å². The van der Waals surface area contributed by atoms with E-state index in [0.29, 0.717) is 19.0 Å². The second kappa shape index (κ2) is 6.33. The summed E-state index contributed by atoms with van der Waals surface area (Å²) in [6.07, 6.45) is 1.09. The molecule has 0 spiro atoms. The van der Waals surface area contributed by atoms with Gasteiger partial charge in [-0.05, 0) is 32.4 Å². The number of hydrogen-bond acceptors (Lipinski definition) is 4. The highest BCUT2D eigenvalue weighted by Gasteiger charge is 2.36. The minimum atomic E-state index is -0.850. The van der Waals surface area contributed by atoms with Crippen LogP contribution in [-0.2, 0) is 9.53 Å². The van der Waals surface area contributed by atoms with Gasteiger partial charge >= 0.3 is 5.97 Å². The molecule has 0 amide bonds. The van der Waals surface area contributed by atoms with Crippen molar-refractivity contribution in [3.8, 4) is 0 Å². The van der Waals surface area contributed by atoms with Gasteiger partial charge in [0.25, 0.3) is 0 Å². The third kappa shape index (κ3) is 3.94. The van der Waals surface area contributed by atoms with E-state index in [2.05, 4.69) is 10.2 Å². The number of rotatable bonds is 7. The van der Waals surface area contributed by atoms with Crippen LogP contribution in [-0.4, -0.2) is 61.4 Å². The van der Waals surface area contributed by atoms with Gasteiger partial charge in [0.2, 0.25) is 0 Å². The van der Waals surface area contributed by atoms with Crippen molar-refractivity contribution >= 4 is 5.97 Å². The smallest absolute Gasteiger partial charge is 0.324 e. The summed E-state index contributed by atoms with van der Waals surface area (Å²) in [6.45, 7) is 7.56. The lowest BCUT2D eigenvalue weighted by molar-refractivity contribution is -0.144. The number of likely N-dealkylation sites (N-methyl/N-ethyl adjacent to an activating group) is 1. The fraction of sp³-hybridized carbons (Fsp3) is 0.917.